The number of benzene rings is 2. The van der Waals surface area contributed by atoms with E-state index in [1.165, 1.54) is 28.1 Å². The number of carbonyl (C=O) groups excluding carboxylic acids is 2. The van der Waals surface area contributed by atoms with Gasteiger partial charge in [-0.25, -0.2) is 4.68 Å². The maximum atomic E-state index is 13.3. The Kier molecular flexibility index (Phi) is 6.82. The SMILES string of the molecule is Cc1cccc(N2CCN(C(=O)CCn3nc(C(=O)N4c5ccccc5C[C@@H]4C)ccc3=O)C[C@H]2C)c1. The summed E-state index contributed by atoms with van der Waals surface area (Å²) in [5, 5.41) is 4.35. The number of piperazine rings is 1. The van der Waals surface area contributed by atoms with Crippen LogP contribution in [0.4, 0.5) is 11.4 Å². The highest BCUT2D eigenvalue weighted by Crippen LogP contribution is 2.32. The summed E-state index contributed by atoms with van der Waals surface area (Å²) in [5.74, 6) is -0.248. The van der Waals surface area contributed by atoms with Gasteiger partial charge in [0.25, 0.3) is 11.5 Å². The summed E-state index contributed by atoms with van der Waals surface area (Å²) in [6.07, 6.45) is 0.941. The zero-order valence-electron chi connectivity index (χ0n) is 21.6. The van der Waals surface area contributed by atoms with Crippen LogP contribution in [0, 0.1) is 6.92 Å². The zero-order chi connectivity index (χ0) is 26.1. The van der Waals surface area contributed by atoms with Crippen LogP contribution in [0.25, 0.3) is 0 Å². The number of aryl methyl sites for hydroxylation is 2. The maximum absolute atomic E-state index is 13.3. The molecule has 2 atom stereocenters. The number of hydrogen-bond acceptors (Lipinski definition) is 5. The molecule has 8 heteroatoms. The van der Waals surface area contributed by atoms with Crippen LogP contribution >= 0.6 is 0 Å². The third kappa shape index (κ3) is 5.01. The number of nitrogens with zero attached hydrogens (tertiary/aromatic N) is 5. The lowest BCUT2D eigenvalue weighted by molar-refractivity contribution is -0.132. The number of rotatable bonds is 5. The van der Waals surface area contributed by atoms with Gasteiger partial charge >= 0.3 is 0 Å². The number of fused-ring (bicyclic) bond motifs is 1. The summed E-state index contributed by atoms with van der Waals surface area (Å²) in [7, 11) is 0. The molecule has 3 heterocycles. The molecule has 2 aliphatic rings. The lowest BCUT2D eigenvalue weighted by Gasteiger charge is -2.41. The molecule has 0 spiro atoms. The third-order valence-corrected chi connectivity index (χ3v) is 7.36. The van der Waals surface area contributed by atoms with Crippen LogP contribution in [0.2, 0.25) is 0 Å². The van der Waals surface area contributed by atoms with E-state index < -0.39 is 0 Å². The monoisotopic (exact) mass is 499 g/mol. The van der Waals surface area contributed by atoms with Crippen molar-refractivity contribution >= 4 is 23.2 Å². The predicted octanol–water partition coefficient (Wildman–Crippen LogP) is 3.27. The molecule has 0 unspecified atom stereocenters. The maximum Gasteiger partial charge on any atom is 0.278 e. The standard InChI is InChI=1S/C29H33N5O3/c1-20-7-6-9-24(17-20)32-16-15-31(19-22(32)3)27(35)13-14-33-28(36)12-11-25(30-33)29(37)34-21(2)18-23-8-4-5-10-26(23)34/h4-12,17,21-22H,13-16,18-19H2,1-3H3/t21-,22+/m0/s1. The van der Waals surface area contributed by atoms with E-state index in [9.17, 15) is 14.4 Å². The summed E-state index contributed by atoms with van der Waals surface area (Å²) in [6.45, 7) is 8.36. The minimum atomic E-state index is -0.322. The Morgan fingerprint density at radius 3 is 2.57 bits per heavy atom. The van der Waals surface area contributed by atoms with Crippen LogP contribution in [0.1, 0.15) is 41.9 Å². The van der Waals surface area contributed by atoms with Crippen molar-refractivity contribution in [2.75, 3.05) is 29.4 Å². The van der Waals surface area contributed by atoms with Gasteiger partial charge in [0.1, 0.15) is 5.69 Å². The molecule has 192 valence electrons. The topological polar surface area (TPSA) is 78.8 Å². The molecule has 8 nitrogen and oxygen atoms in total. The largest absolute Gasteiger partial charge is 0.365 e. The van der Waals surface area contributed by atoms with E-state index in [1.54, 1.807) is 4.90 Å². The normalized spacial score (nSPS) is 19.2. The van der Waals surface area contributed by atoms with Crippen molar-refractivity contribution in [3.8, 4) is 0 Å². The molecule has 0 aliphatic carbocycles. The van der Waals surface area contributed by atoms with Gasteiger partial charge in [0, 0.05) is 55.6 Å². The first kappa shape index (κ1) is 24.7. The number of amides is 2. The van der Waals surface area contributed by atoms with E-state index in [2.05, 4.69) is 48.1 Å². The molecule has 0 N–H and O–H groups in total. The second-order valence-electron chi connectivity index (χ2n) is 10.1. The highest BCUT2D eigenvalue weighted by atomic mass is 16.2. The first-order valence-electron chi connectivity index (χ1n) is 12.9. The number of anilines is 2. The molecular formula is C29H33N5O3. The van der Waals surface area contributed by atoms with Gasteiger partial charge in [-0.15, -0.1) is 0 Å². The smallest absolute Gasteiger partial charge is 0.278 e. The quantitative estimate of drug-likeness (QED) is 0.539. The minimum absolute atomic E-state index is 0.00844. The van der Waals surface area contributed by atoms with E-state index >= 15 is 0 Å². The second-order valence-corrected chi connectivity index (χ2v) is 10.1. The van der Waals surface area contributed by atoms with Crippen molar-refractivity contribution < 1.29 is 9.59 Å². The summed E-state index contributed by atoms with van der Waals surface area (Å²) in [6, 6.07) is 19.3. The van der Waals surface area contributed by atoms with Gasteiger partial charge in [-0.05, 0) is 62.6 Å². The molecule has 1 aromatic heterocycles. The molecule has 3 aromatic rings. The number of hydrogen-bond donors (Lipinski definition) is 0. The Hall–Kier alpha value is -3.94. The van der Waals surface area contributed by atoms with E-state index in [-0.39, 0.29) is 48.1 Å². The van der Waals surface area contributed by atoms with Crippen LogP contribution in [-0.4, -0.2) is 58.2 Å². The summed E-state index contributed by atoms with van der Waals surface area (Å²) in [5.41, 5.74) is 4.28. The van der Waals surface area contributed by atoms with Gasteiger partial charge < -0.3 is 14.7 Å². The molecule has 37 heavy (non-hydrogen) atoms. The molecule has 0 bridgehead atoms. The van der Waals surface area contributed by atoms with Crippen LogP contribution in [-0.2, 0) is 17.8 Å². The van der Waals surface area contributed by atoms with Crippen molar-refractivity contribution in [2.45, 2.75) is 52.2 Å². The highest BCUT2D eigenvalue weighted by molar-refractivity contribution is 6.06. The first-order valence-corrected chi connectivity index (χ1v) is 12.9. The van der Waals surface area contributed by atoms with E-state index in [0.717, 1.165) is 24.2 Å². The fourth-order valence-electron chi connectivity index (χ4n) is 5.46. The molecule has 1 fully saturated rings. The lowest BCUT2D eigenvalue weighted by Crippen LogP contribution is -2.54. The summed E-state index contributed by atoms with van der Waals surface area (Å²) >= 11 is 0. The Balaban J connectivity index is 1.23. The van der Waals surface area contributed by atoms with Gasteiger partial charge in [-0.2, -0.15) is 5.10 Å². The molecule has 0 saturated carbocycles. The van der Waals surface area contributed by atoms with Crippen LogP contribution in [0.3, 0.4) is 0 Å². The average Bonchev–Trinajstić information content (AvgIpc) is 3.23. The summed E-state index contributed by atoms with van der Waals surface area (Å²) in [4.78, 5) is 44.8. The lowest BCUT2D eigenvalue weighted by atomic mass is 10.1. The minimum Gasteiger partial charge on any atom is -0.365 e. The fourth-order valence-corrected chi connectivity index (χ4v) is 5.46. The van der Waals surface area contributed by atoms with Crippen LogP contribution in [0.15, 0.2) is 65.5 Å². The van der Waals surface area contributed by atoms with Crippen molar-refractivity contribution in [1.29, 1.82) is 0 Å². The van der Waals surface area contributed by atoms with E-state index in [4.69, 9.17) is 0 Å². The van der Waals surface area contributed by atoms with Crippen molar-refractivity contribution in [3.63, 3.8) is 0 Å². The van der Waals surface area contributed by atoms with Gasteiger partial charge in [0.2, 0.25) is 5.91 Å². The Morgan fingerprint density at radius 2 is 1.78 bits per heavy atom. The van der Waals surface area contributed by atoms with Crippen molar-refractivity contribution in [2.24, 2.45) is 0 Å². The van der Waals surface area contributed by atoms with E-state index in [1.807, 2.05) is 36.1 Å². The van der Waals surface area contributed by atoms with Gasteiger partial charge in [-0.1, -0.05) is 30.3 Å². The van der Waals surface area contributed by atoms with Gasteiger partial charge in [-0.3, -0.25) is 14.4 Å². The predicted molar refractivity (Wildman–Crippen MR) is 144 cm³/mol. The molecule has 0 radical (unpaired) electrons. The fraction of sp³-hybridized carbons (Fsp3) is 0.379. The second kappa shape index (κ2) is 10.2. The van der Waals surface area contributed by atoms with Gasteiger partial charge in [0.05, 0.1) is 6.54 Å². The molecule has 2 aromatic carbocycles. The molecule has 2 amide bonds. The average molecular weight is 500 g/mol. The molecular weight excluding hydrogens is 466 g/mol. The number of para-hydroxylation sites is 1. The third-order valence-electron chi connectivity index (χ3n) is 7.36. The van der Waals surface area contributed by atoms with Crippen molar-refractivity contribution in [3.05, 3.63) is 87.8 Å². The number of aromatic nitrogens is 2. The van der Waals surface area contributed by atoms with Gasteiger partial charge in [0.15, 0.2) is 0 Å². The summed E-state index contributed by atoms with van der Waals surface area (Å²) < 4.78 is 1.24. The molecule has 1 saturated heterocycles. The number of carbonyl (C=O) groups is 2. The Morgan fingerprint density at radius 1 is 0.973 bits per heavy atom. The van der Waals surface area contributed by atoms with Crippen LogP contribution in [0.5, 0.6) is 0 Å². The van der Waals surface area contributed by atoms with Crippen LogP contribution < -0.4 is 15.4 Å². The highest BCUT2D eigenvalue weighted by Gasteiger charge is 2.32. The molecule has 5 rings (SSSR count). The molecule has 2 aliphatic heterocycles. The Bertz CT molecular complexity index is 1380. The van der Waals surface area contributed by atoms with Crippen molar-refractivity contribution in [1.82, 2.24) is 14.7 Å². The zero-order valence-corrected chi connectivity index (χ0v) is 21.6. The van der Waals surface area contributed by atoms with E-state index in [0.29, 0.717) is 13.1 Å². The first-order chi connectivity index (χ1) is 17.8. The Labute approximate surface area is 217 Å².